The molecule has 0 spiro atoms. The van der Waals surface area contributed by atoms with E-state index in [4.69, 9.17) is 0 Å². The zero-order valence-electron chi connectivity index (χ0n) is 14.7. The van der Waals surface area contributed by atoms with Gasteiger partial charge in [0.1, 0.15) is 0 Å². The number of H-pyrrole nitrogens is 1. The van der Waals surface area contributed by atoms with Crippen LogP contribution in [-0.4, -0.2) is 4.98 Å². The fourth-order valence-electron chi connectivity index (χ4n) is 4.37. The first kappa shape index (κ1) is 14.6. The Morgan fingerprint density at radius 3 is 2.19 bits per heavy atom. The SMILES string of the molecule is c1ccc(-c2cccc3c2ccc2c3[nH]c3ccc4ccccc4c32)cc1. The van der Waals surface area contributed by atoms with Crippen LogP contribution < -0.4 is 0 Å². The fourth-order valence-corrected chi connectivity index (χ4v) is 4.37. The molecule has 0 atom stereocenters. The molecule has 0 radical (unpaired) electrons. The molecule has 5 aromatic carbocycles. The largest absolute Gasteiger partial charge is 0.354 e. The summed E-state index contributed by atoms with van der Waals surface area (Å²) in [6, 6.07) is 34.8. The standard InChI is InChI=1S/C26H17N/c1-2-7-17(8-3-1)19-11-6-12-22-21(19)14-15-23-25-20-10-5-4-9-18(20)13-16-24(25)27-26(22)23/h1-16,27H. The lowest BCUT2D eigenvalue weighted by molar-refractivity contribution is 1.57. The predicted molar refractivity (Wildman–Crippen MR) is 116 cm³/mol. The quantitative estimate of drug-likeness (QED) is 0.322. The third-order valence-electron chi connectivity index (χ3n) is 5.60. The van der Waals surface area contributed by atoms with Gasteiger partial charge in [-0.1, -0.05) is 91.0 Å². The summed E-state index contributed by atoms with van der Waals surface area (Å²) < 4.78 is 0. The van der Waals surface area contributed by atoms with Gasteiger partial charge in [-0.25, -0.2) is 0 Å². The second-order valence-electron chi connectivity index (χ2n) is 7.09. The van der Waals surface area contributed by atoms with E-state index in [1.54, 1.807) is 0 Å². The predicted octanol–water partition coefficient (Wildman–Crippen LogP) is 7.29. The van der Waals surface area contributed by atoms with E-state index in [9.17, 15) is 0 Å². The maximum atomic E-state index is 3.69. The Kier molecular flexibility index (Phi) is 2.95. The highest BCUT2D eigenvalue weighted by Crippen LogP contribution is 2.38. The Bertz CT molecular complexity index is 1460. The maximum absolute atomic E-state index is 3.69. The van der Waals surface area contributed by atoms with Gasteiger partial charge in [-0.15, -0.1) is 0 Å². The maximum Gasteiger partial charge on any atom is 0.0544 e. The fraction of sp³-hybridized carbons (Fsp3) is 0. The zero-order valence-corrected chi connectivity index (χ0v) is 14.7. The molecule has 0 bridgehead atoms. The van der Waals surface area contributed by atoms with Gasteiger partial charge in [-0.3, -0.25) is 0 Å². The first-order valence-corrected chi connectivity index (χ1v) is 9.30. The molecule has 1 heteroatoms. The zero-order chi connectivity index (χ0) is 17.8. The van der Waals surface area contributed by atoms with Crippen molar-refractivity contribution in [3.05, 3.63) is 97.1 Å². The van der Waals surface area contributed by atoms with Gasteiger partial charge in [-0.05, 0) is 33.4 Å². The highest BCUT2D eigenvalue weighted by atomic mass is 14.7. The van der Waals surface area contributed by atoms with Crippen molar-refractivity contribution in [1.29, 1.82) is 0 Å². The number of rotatable bonds is 1. The number of hydrogen-bond donors (Lipinski definition) is 1. The molecule has 1 heterocycles. The van der Waals surface area contributed by atoms with Crippen LogP contribution in [0.4, 0.5) is 0 Å². The van der Waals surface area contributed by atoms with Gasteiger partial charge in [0.15, 0.2) is 0 Å². The van der Waals surface area contributed by atoms with Crippen molar-refractivity contribution in [2.24, 2.45) is 0 Å². The molecule has 6 aromatic rings. The van der Waals surface area contributed by atoms with Crippen LogP contribution in [0.15, 0.2) is 97.1 Å². The highest BCUT2D eigenvalue weighted by molar-refractivity contribution is 6.25. The van der Waals surface area contributed by atoms with Crippen LogP contribution in [-0.2, 0) is 0 Å². The van der Waals surface area contributed by atoms with E-state index >= 15 is 0 Å². The van der Waals surface area contributed by atoms with Crippen LogP contribution in [0.2, 0.25) is 0 Å². The molecule has 1 nitrogen and oxygen atoms in total. The number of benzene rings is 5. The van der Waals surface area contributed by atoms with Crippen LogP contribution in [0.3, 0.4) is 0 Å². The van der Waals surface area contributed by atoms with Crippen molar-refractivity contribution in [3.63, 3.8) is 0 Å². The highest BCUT2D eigenvalue weighted by Gasteiger charge is 2.12. The molecule has 0 amide bonds. The number of fused-ring (bicyclic) bond motifs is 7. The van der Waals surface area contributed by atoms with Gasteiger partial charge in [0.2, 0.25) is 0 Å². The Balaban J connectivity index is 1.77. The first-order valence-electron chi connectivity index (χ1n) is 9.30. The number of nitrogens with one attached hydrogen (secondary N) is 1. The Morgan fingerprint density at radius 2 is 1.26 bits per heavy atom. The molecule has 0 saturated carbocycles. The summed E-state index contributed by atoms with van der Waals surface area (Å²) in [4.78, 5) is 3.69. The van der Waals surface area contributed by atoms with Crippen LogP contribution in [0.1, 0.15) is 0 Å². The monoisotopic (exact) mass is 343 g/mol. The molecule has 0 fully saturated rings. The minimum Gasteiger partial charge on any atom is -0.354 e. The van der Waals surface area contributed by atoms with Crippen molar-refractivity contribution in [2.45, 2.75) is 0 Å². The third-order valence-corrected chi connectivity index (χ3v) is 5.60. The molecule has 1 N–H and O–H groups in total. The Labute approximate surface area is 156 Å². The minimum absolute atomic E-state index is 1.20. The molecular weight excluding hydrogens is 326 g/mol. The van der Waals surface area contributed by atoms with Crippen molar-refractivity contribution >= 4 is 43.4 Å². The van der Waals surface area contributed by atoms with Crippen molar-refractivity contribution < 1.29 is 0 Å². The average Bonchev–Trinajstić information content (AvgIpc) is 3.13. The molecule has 0 unspecified atom stereocenters. The number of aromatic amines is 1. The van der Waals surface area contributed by atoms with Crippen molar-refractivity contribution in [1.82, 2.24) is 4.98 Å². The molecule has 27 heavy (non-hydrogen) atoms. The van der Waals surface area contributed by atoms with Gasteiger partial charge < -0.3 is 4.98 Å². The lowest BCUT2D eigenvalue weighted by Crippen LogP contribution is -1.82. The lowest BCUT2D eigenvalue weighted by Gasteiger charge is -2.08. The van der Waals surface area contributed by atoms with E-state index in [1.165, 1.54) is 54.5 Å². The second kappa shape index (κ2) is 5.46. The first-order chi connectivity index (χ1) is 13.4. The van der Waals surface area contributed by atoms with Crippen LogP contribution in [0, 0.1) is 0 Å². The topological polar surface area (TPSA) is 15.8 Å². The summed E-state index contributed by atoms with van der Waals surface area (Å²) in [5, 5.41) is 7.75. The van der Waals surface area contributed by atoms with E-state index < -0.39 is 0 Å². The molecule has 0 aliphatic rings. The van der Waals surface area contributed by atoms with E-state index in [2.05, 4.69) is 102 Å². The van der Waals surface area contributed by atoms with Crippen LogP contribution >= 0.6 is 0 Å². The van der Waals surface area contributed by atoms with Crippen LogP contribution in [0.5, 0.6) is 0 Å². The van der Waals surface area contributed by atoms with Gasteiger partial charge in [0.05, 0.1) is 5.52 Å². The average molecular weight is 343 g/mol. The summed E-state index contributed by atoms with van der Waals surface area (Å²) in [7, 11) is 0. The van der Waals surface area contributed by atoms with E-state index in [-0.39, 0.29) is 0 Å². The van der Waals surface area contributed by atoms with Crippen molar-refractivity contribution in [2.75, 3.05) is 0 Å². The number of hydrogen-bond acceptors (Lipinski definition) is 0. The van der Waals surface area contributed by atoms with E-state index in [0.717, 1.165) is 0 Å². The molecule has 1 aromatic heterocycles. The molecule has 0 aliphatic carbocycles. The molecule has 0 aliphatic heterocycles. The second-order valence-corrected chi connectivity index (χ2v) is 7.09. The normalized spacial score (nSPS) is 11.7. The molecule has 6 rings (SSSR count). The lowest BCUT2D eigenvalue weighted by atomic mass is 9.96. The van der Waals surface area contributed by atoms with E-state index in [1.807, 2.05) is 0 Å². The third kappa shape index (κ3) is 2.06. The van der Waals surface area contributed by atoms with Gasteiger partial charge in [0, 0.05) is 21.7 Å². The van der Waals surface area contributed by atoms with Gasteiger partial charge >= 0.3 is 0 Å². The Hall–Kier alpha value is -3.58. The Morgan fingerprint density at radius 1 is 0.481 bits per heavy atom. The molecule has 126 valence electrons. The summed E-state index contributed by atoms with van der Waals surface area (Å²) in [5.74, 6) is 0. The molecule has 0 saturated heterocycles. The smallest absolute Gasteiger partial charge is 0.0544 e. The summed E-state index contributed by atoms with van der Waals surface area (Å²) in [5.41, 5.74) is 4.94. The summed E-state index contributed by atoms with van der Waals surface area (Å²) >= 11 is 0. The molecular formula is C26H17N. The van der Waals surface area contributed by atoms with Gasteiger partial charge in [-0.2, -0.15) is 0 Å². The van der Waals surface area contributed by atoms with Crippen LogP contribution in [0.25, 0.3) is 54.5 Å². The van der Waals surface area contributed by atoms with E-state index in [0.29, 0.717) is 0 Å². The van der Waals surface area contributed by atoms with Crippen molar-refractivity contribution in [3.8, 4) is 11.1 Å². The number of aromatic nitrogens is 1. The summed E-state index contributed by atoms with van der Waals surface area (Å²) in [6.07, 6.45) is 0. The summed E-state index contributed by atoms with van der Waals surface area (Å²) in [6.45, 7) is 0. The minimum atomic E-state index is 1.20. The van der Waals surface area contributed by atoms with Gasteiger partial charge in [0.25, 0.3) is 0 Å².